The molecule has 0 aliphatic carbocycles. The molecule has 0 aliphatic rings. The predicted octanol–water partition coefficient (Wildman–Crippen LogP) is 4.75. The molecule has 1 heterocycles. The number of hydrogen-bond donors (Lipinski definition) is 2. The minimum absolute atomic E-state index is 0.0672. The lowest BCUT2D eigenvalue weighted by molar-refractivity contribution is -0.129. The number of anilines is 1. The fourth-order valence-corrected chi connectivity index (χ4v) is 4.24. The highest BCUT2D eigenvalue weighted by Crippen LogP contribution is 2.26. The number of benzene rings is 2. The number of nitrogens with zero attached hydrogens (tertiary/aromatic N) is 2. The average Bonchev–Trinajstić information content (AvgIpc) is 3.23. The van der Waals surface area contributed by atoms with Crippen molar-refractivity contribution in [3.63, 3.8) is 0 Å². The fraction of sp³-hybridized carbons (Fsp3) is 0.292. The minimum atomic E-state index is -0.272. The summed E-state index contributed by atoms with van der Waals surface area (Å²) in [6, 6.07) is 15.7. The fourth-order valence-electron chi connectivity index (χ4n) is 3.26. The third-order valence-corrected chi connectivity index (χ3v) is 6.02. The van der Waals surface area contributed by atoms with Gasteiger partial charge in [0.2, 0.25) is 11.8 Å². The SMILES string of the molecule is CC(=O)Nc1ccc(SC(C)C(=O)N(C)CCCc2cc(-c3ccc(F)cc3)n[nH]2)cc1. The summed E-state index contributed by atoms with van der Waals surface area (Å²) < 4.78 is 13.1. The van der Waals surface area contributed by atoms with Gasteiger partial charge < -0.3 is 10.2 Å². The van der Waals surface area contributed by atoms with Gasteiger partial charge in [0.25, 0.3) is 0 Å². The summed E-state index contributed by atoms with van der Waals surface area (Å²) in [6.45, 7) is 4.00. The molecule has 0 fully saturated rings. The van der Waals surface area contributed by atoms with Crippen molar-refractivity contribution in [2.75, 3.05) is 18.9 Å². The van der Waals surface area contributed by atoms with Crippen LogP contribution in [0.4, 0.5) is 10.1 Å². The molecule has 0 bridgehead atoms. The lowest BCUT2D eigenvalue weighted by Gasteiger charge is -2.21. The second-order valence-electron chi connectivity index (χ2n) is 7.61. The van der Waals surface area contributed by atoms with E-state index >= 15 is 0 Å². The van der Waals surface area contributed by atoms with Crippen LogP contribution in [0.2, 0.25) is 0 Å². The number of aryl methyl sites for hydroxylation is 1. The first kappa shape index (κ1) is 23.5. The summed E-state index contributed by atoms with van der Waals surface area (Å²) in [7, 11) is 1.82. The quantitative estimate of drug-likeness (QED) is 0.458. The van der Waals surface area contributed by atoms with Gasteiger partial charge in [0.1, 0.15) is 5.82 Å². The molecule has 6 nitrogen and oxygen atoms in total. The van der Waals surface area contributed by atoms with Gasteiger partial charge in [0.05, 0.1) is 10.9 Å². The van der Waals surface area contributed by atoms with E-state index < -0.39 is 0 Å². The lowest BCUT2D eigenvalue weighted by Crippen LogP contribution is -2.34. The van der Waals surface area contributed by atoms with E-state index in [2.05, 4.69) is 15.5 Å². The number of hydrogen-bond acceptors (Lipinski definition) is 4. The number of carbonyl (C=O) groups excluding carboxylic acids is 2. The molecule has 3 rings (SSSR count). The van der Waals surface area contributed by atoms with Gasteiger partial charge in [-0.25, -0.2) is 4.39 Å². The monoisotopic (exact) mass is 454 g/mol. The maximum atomic E-state index is 13.1. The number of nitrogens with one attached hydrogen (secondary N) is 2. The van der Waals surface area contributed by atoms with Crippen molar-refractivity contribution in [2.45, 2.75) is 36.8 Å². The Balaban J connectivity index is 1.45. The molecule has 8 heteroatoms. The van der Waals surface area contributed by atoms with E-state index in [1.165, 1.54) is 30.8 Å². The number of H-pyrrole nitrogens is 1. The summed E-state index contributed by atoms with van der Waals surface area (Å²) in [5.74, 6) is -0.318. The van der Waals surface area contributed by atoms with Crippen LogP contribution in [0.1, 0.15) is 26.0 Å². The molecular weight excluding hydrogens is 427 g/mol. The van der Waals surface area contributed by atoms with E-state index in [0.717, 1.165) is 40.4 Å². The molecule has 3 aromatic rings. The van der Waals surface area contributed by atoms with E-state index in [1.807, 2.05) is 44.3 Å². The van der Waals surface area contributed by atoms with Crippen LogP contribution in [-0.4, -0.2) is 45.8 Å². The topological polar surface area (TPSA) is 78.1 Å². The molecule has 32 heavy (non-hydrogen) atoms. The highest BCUT2D eigenvalue weighted by Gasteiger charge is 2.18. The smallest absolute Gasteiger partial charge is 0.235 e. The number of thioether (sulfide) groups is 1. The van der Waals surface area contributed by atoms with Gasteiger partial charge in [0, 0.05) is 42.4 Å². The van der Waals surface area contributed by atoms with Gasteiger partial charge in [0.15, 0.2) is 0 Å². The van der Waals surface area contributed by atoms with Crippen LogP contribution >= 0.6 is 11.8 Å². The van der Waals surface area contributed by atoms with Crippen LogP contribution in [0.25, 0.3) is 11.3 Å². The third kappa shape index (κ3) is 6.68. The third-order valence-electron chi connectivity index (χ3n) is 4.92. The van der Waals surface area contributed by atoms with E-state index in [9.17, 15) is 14.0 Å². The van der Waals surface area contributed by atoms with E-state index in [1.54, 1.807) is 17.0 Å². The first-order valence-electron chi connectivity index (χ1n) is 10.4. The Morgan fingerprint density at radius 1 is 1.16 bits per heavy atom. The van der Waals surface area contributed by atoms with Crippen LogP contribution in [0.5, 0.6) is 0 Å². The normalized spacial score (nSPS) is 11.8. The minimum Gasteiger partial charge on any atom is -0.345 e. The van der Waals surface area contributed by atoms with Gasteiger partial charge in [-0.05, 0) is 74.4 Å². The molecule has 1 atom stereocenters. The Morgan fingerprint density at radius 3 is 2.50 bits per heavy atom. The molecule has 2 amide bonds. The lowest BCUT2D eigenvalue weighted by atomic mass is 10.1. The maximum Gasteiger partial charge on any atom is 0.235 e. The summed E-state index contributed by atoms with van der Waals surface area (Å²) in [5, 5.41) is 9.82. The summed E-state index contributed by atoms with van der Waals surface area (Å²) in [4.78, 5) is 26.5. The highest BCUT2D eigenvalue weighted by molar-refractivity contribution is 8.00. The van der Waals surface area contributed by atoms with Crippen molar-refractivity contribution in [3.05, 3.63) is 66.1 Å². The van der Waals surface area contributed by atoms with Crippen LogP contribution in [0.15, 0.2) is 59.5 Å². The van der Waals surface area contributed by atoms with Crippen LogP contribution < -0.4 is 5.32 Å². The van der Waals surface area contributed by atoms with E-state index in [4.69, 9.17) is 0 Å². The number of carbonyl (C=O) groups is 2. The number of rotatable bonds is 9. The molecule has 2 N–H and O–H groups in total. The van der Waals surface area contributed by atoms with Crippen LogP contribution in [-0.2, 0) is 16.0 Å². The molecule has 0 radical (unpaired) electrons. The summed E-state index contributed by atoms with van der Waals surface area (Å²) in [6.07, 6.45) is 1.56. The maximum absolute atomic E-state index is 13.1. The largest absolute Gasteiger partial charge is 0.345 e. The van der Waals surface area contributed by atoms with Crippen LogP contribution in [0.3, 0.4) is 0 Å². The average molecular weight is 455 g/mol. The van der Waals surface area contributed by atoms with Crippen molar-refractivity contribution >= 4 is 29.3 Å². The number of aromatic amines is 1. The number of amides is 2. The molecule has 1 unspecified atom stereocenters. The predicted molar refractivity (Wildman–Crippen MR) is 126 cm³/mol. The molecule has 0 saturated heterocycles. The Morgan fingerprint density at radius 2 is 1.84 bits per heavy atom. The van der Waals surface area contributed by atoms with Crippen molar-refractivity contribution in [1.29, 1.82) is 0 Å². The van der Waals surface area contributed by atoms with Crippen molar-refractivity contribution in [2.24, 2.45) is 0 Å². The zero-order chi connectivity index (χ0) is 23.1. The first-order valence-corrected chi connectivity index (χ1v) is 11.3. The van der Waals surface area contributed by atoms with Crippen molar-refractivity contribution in [3.8, 4) is 11.3 Å². The van der Waals surface area contributed by atoms with E-state index in [0.29, 0.717) is 6.54 Å². The zero-order valence-corrected chi connectivity index (χ0v) is 19.2. The Bertz CT molecular complexity index is 1050. The van der Waals surface area contributed by atoms with E-state index in [-0.39, 0.29) is 22.9 Å². The summed E-state index contributed by atoms with van der Waals surface area (Å²) >= 11 is 1.49. The van der Waals surface area contributed by atoms with Gasteiger partial charge in [-0.3, -0.25) is 14.7 Å². The molecule has 0 saturated carbocycles. The van der Waals surface area contributed by atoms with Gasteiger partial charge in [-0.15, -0.1) is 11.8 Å². The Labute approximate surface area is 191 Å². The van der Waals surface area contributed by atoms with Gasteiger partial charge >= 0.3 is 0 Å². The summed E-state index contributed by atoms with van der Waals surface area (Å²) in [5.41, 5.74) is 3.35. The zero-order valence-electron chi connectivity index (χ0n) is 18.4. The Kier molecular flexibility index (Phi) is 8.05. The molecule has 1 aromatic heterocycles. The molecule has 2 aromatic carbocycles. The first-order chi connectivity index (χ1) is 15.3. The van der Waals surface area contributed by atoms with Crippen LogP contribution in [0, 0.1) is 5.82 Å². The number of halogens is 1. The van der Waals surface area contributed by atoms with Crippen molar-refractivity contribution in [1.82, 2.24) is 15.1 Å². The molecule has 168 valence electrons. The molecular formula is C24H27FN4O2S. The standard InChI is InChI=1S/C24H27FN4O2S/c1-16(32-22-12-10-20(11-13-22)26-17(2)30)24(31)29(3)14-4-5-21-15-23(28-27-21)18-6-8-19(25)9-7-18/h6-13,15-16H,4-5,14H2,1-3H3,(H,26,30)(H,27,28). The highest BCUT2D eigenvalue weighted by atomic mass is 32.2. The molecule has 0 spiro atoms. The van der Waals surface area contributed by atoms with Gasteiger partial charge in [-0.1, -0.05) is 0 Å². The molecule has 0 aliphatic heterocycles. The van der Waals surface area contributed by atoms with Crippen molar-refractivity contribution < 1.29 is 14.0 Å². The number of aromatic nitrogens is 2. The second kappa shape index (κ2) is 10.9. The second-order valence-corrected chi connectivity index (χ2v) is 9.03. The Hall–Kier alpha value is -3.13. The van der Waals surface area contributed by atoms with Gasteiger partial charge in [-0.2, -0.15) is 5.10 Å².